The third-order valence-electron chi connectivity index (χ3n) is 2.30. The van der Waals surface area contributed by atoms with E-state index in [1.54, 1.807) is 19.1 Å². The van der Waals surface area contributed by atoms with Crippen LogP contribution in [0.5, 0.6) is 11.5 Å². The highest BCUT2D eigenvalue weighted by Gasteiger charge is 2.17. The second-order valence-electron chi connectivity index (χ2n) is 3.75. The number of rotatable bonds is 2. The Kier molecular flexibility index (Phi) is 5.07. The number of hydrogen-bond acceptors (Lipinski definition) is 4. The summed E-state index contributed by atoms with van der Waals surface area (Å²) >= 11 is 6.02. The zero-order chi connectivity index (χ0) is 12.4. The molecule has 1 aliphatic rings. The van der Waals surface area contributed by atoms with Crippen molar-refractivity contribution in [3.05, 3.63) is 17.2 Å². The van der Waals surface area contributed by atoms with E-state index in [0.29, 0.717) is 35.4 Å². The minimum absolute atomic E-state index is 0. The molecule has 0 saturated carbocycles. The Morgan fingerprint density at radius 2 is 1.94 bits per heavy atom. The molecule has 3 N–H and O–H groups in total. The molecule has 1 amide bonds. The molecule has 18 heavy (non-hydrogen) atoms. The molecule has 0 unspecified atom stereocenters. The fourth-order valence-corrected chi connectivity index (χ4v) is 1.61. The first-order chi connectivity index (χ1) is 8.08. The normalized spacial score (nSPS) is 14.4. The average Bonchev–Trinajstić information content (AvgIpc) is 2.29. The van der Waals surface area contributed by atoms with Gasteiger partial charge in [0.05, 0.1) is 16.8 Å². The van der Waals surface area contributed by atoms with Gasteiger partial charge in [0, 0.05) is 12.1 Å². The van der Waals surface area contributed by atoms with E-state index in [9.17, 15) is 4.79 Å². The predicted molar refractivity (Wildman–Crippen MR) is 72.0 cm³/mol. The fraction of sp³-hybridized carbons (Fsp3) is 0.364. The Morgan fingerprint density at radius 1 is 1.39 bits per heavy atom. The van der Waals surface area contributed by atoms with Crippen molar-refractivity contribution in [1.82, 2.24) is 0 Å². The fourth-order valence-electron chi connectivity index (χ4n) is 1.41. The third kappa shape index (κ3) is 3.19. The van der Waals surface area contributed by atoms with Gasteiger partial charge in [-0.1, -0.05) is 11.6 Å². The monoisotopic (exact) mass is 292 g/mol. The third-order valence-corrected chi connectivity index (χ3v) is 2.62. The number of carbonyl (C=O) groups excluding carboxylic acids is 1. The average molecular weight is 293 g/mol. The summed E-state index contributed by atoms with van der Waals surface area (Å²) in [5.41, 5.74) is 5.93. The van der Waals surface area contributed by atoms with Crippen molar-refractivity contribution in [2.75, 3.05) is 18.5 Å². The van der Waals surface area contributed by atoms with E-state index < -0.39 is 6.04 Å². The van der Waals surface area contributed by atoms with Crippen LogP contribution < -0.4 is 20.5 Å². The van der Waals surface area contributed by atoms with Crippen molar-refractivity contribution in [1.29, 1.82) is 0 Å². The number of hydrogen-bond donors (Lipinski definition) is 2. The van der Waals surface area contributed by atoms with Crippen molar-refractivity contribution in [3.8, 4) is 11.5 Å². The molecular formula is C11H14Cl2N2O3. The highest BCUT2D eigenvalue weighted by atomic mass is 35.5. The number of fused-ring (bicyclic) bond motifs is 1. The van der Waals surface area contributed by atoms with Crippen LogP contribution in [-0.2, 0) is 4.79 Å². The van der Waals surface area contributed by atoms with Gasteiger partial charge in [0.2, 0.25) is 5.91 Å². The van der Waals surface area contributed by atoms with E-state index in [0.717, 1.165) is 0 Å². The second-order valence-corrected chi connectivity index (χ2v) is 4.16. The number of amides is 1. The lowest BCUT2D eigenvalue weighted by Gasteiger charge is -2.20. The van der Waals surface area contributed by atoms with Gasteiger partial charge in [0.25, 0.3) is 0 Å². The van der Waals surface area contributed by atoms with Crippen LogP contribution in [0, 0.1) is 0 Å². The zero-order valence-electron chi connectivity index (χ0n) is 9.73. The molecule has 0 spiro atoms. The van der Waals surface area contributed by atoms with Crippen molar-refractivity contribution in [3.63, 3.8) is 0 Å². The van der Waals surface area contributed by atoms with Crippen molar-refractivity contribution in [2.24, 2.45) is 5.73 Å². The zero-order valence-corrected chi connectivity index (χ0v) is 11.3. The molecule has 1 atom stereocenters. The van der Waals surface area contributed by atoms with Crippen molar-refractivity contribution < 1.29 is 14.3 Å². The lowest BCUT2D eigenvalue weighted by Crippen LogP contribution is -2.32. The summed E-state index contributed by atoms with van der Waals surface area (Å²) in [5, 5.41) is 3.02. The molecule has 0 aromatic heterocycles. The van der Waals surface area contributed by atoms with Gasteiger partial charge in [0.15, 0.2) is 11.5 Å². The first kappa shape index (κ1) is 14.9. The van der Waals surface area contributed by atoms with Gasteiger partial charge >= 0.3 is 0 Å². The number of anilines is 1. The maximum absolute atomic E-state index is 11.5. The minimum atomic E-state index is -0.598. The van der Waals surface area contributed by atoms with Gasteiger partial charge in [-0.25, -0.2) is 0 Å². The number of benzene rings is 1. The van der Waals surface area contributed by atoms with E-state index in [2.05, 4.69) is 5.32 Å². The van der Waals surface area contributed by atoms with Crippen LogP contribution in [0.15, 0.2) is 12.1 Å². The maximum atomic E-state index is 11.5. The highest BCUT2D eigenvalue weighted by Crippen LogP contribution is 2.37. The summed E-state index contributed by atoms with van der Waals surface area (Å²) in [6, 6.07) is 2.66. The van der Waals surface area contributed by atoms with Crippen LogP contribution >= 0.6 is 24.0 Å². The molecule has 0 fully saturated rings. The quantitative estimate of drug-likeness (QED) is 0.872. The van der Waals surface area contributed by atoms with E-state index in [-0.39, 0.29) is 18.3 Å². The van der Waals surface area contributed by atoms with Crippen LogP contribution in [0.4, 0.5) is 5.69 Å². The lowest BCUT2D eigenvalue weighted by molar-refractivity contribution is -0.117. The van der Waals surface area contributed by atoms with Gasteiger partial charge < -0.3 is 20.5 Å². The molecule has 1 heterocycles. The lowest BCUT2D eigenvalue weighted by atomic mass is 10.2. The molecule has 1 aromatic rings. The van der Waals surface area contributed by atoms with E-state index >= 15 is 0 Å². The second kappa shape index (κ2) is 6.13. The standard InChI is InChI=1S/C11H13ClN2O3.ClH/c1-6(13)11(15)14-8-5-10-9(4-7(8)12)16-2-3-17-10;/h4-6H,2-3,13H2,1H3,(H,14,15);1H/t6-;/m0./s1. The summed E-state index contributed by atoms with van der Waals surface area (Å²) in [5.74, 6) is 0.851. The summed E-state index contributed by atoms with van der Waals surface area (Å²) in [6.07, 6.45) is 0. The topological polar surface area (TPSA) is 73.6 Å². The Morgan fingerprint density at radius 3 is 2.50 bits per heavy atom. The molecule has 0 saturated heterocycles. The molecule has 100 valence electrons. The summed E-state index contributed by atoms with van der Waals surface area (Å²) in [6.45, 7) is 2.57. The van der Waals surface area contributed by atoms with E-state index in [4.69, 9.17) is 26.8 Å². The number of nitrogens with two attached hydrogens (primary N) is 1. The van der Waals surface area contributed by atoms with E-state index in [1.165, 1.54) is 0 Å². The molecule has 5 nitrogen and oxygen atoms in total. The molecular weight excluding hydrogens is 279 g/mol. The predicted octanol–water partition coefficient (Wildman–Crippen LogP) is 1.82. The van der Waals surface area contributed by atoms with Crippen molar-refractivity contribution >= 4 is 35.6 Å². The smallest absolute Gasteiger partial charge is 0.241 e. The summed E-state index contributed by atoms with van der Waals surface area (Å²) < 4.78 is 10.8. The first-order valence-corrected chi connectivity index (χ1v) is 5.61. The number of halogens is 2. The van der Waals surface area contributed by atoms with Gasteiger partial charge in [-0.3, -0.25) is 4.79 Å². The Balaban J connectivity index is 0.00000162. The molecule has 0 aliphatic carbocycles. The Labute approximate surface area is 116 Å². The van der Waals surface area contributed by atoms with E-state index in [1.807, 2.05) is 0 Å². The van der Waals surface area contributed by atoms with Crippen LogP contribution in [-0.4, -0.2) is 25.2 Å². The van der Waals surface area contributed by atoms with Crippen molar-refractivity contribution in [2.45, 2.75) is 13.0 Å². The molecule has 7 heteroatoms. The molecule has 0 radical (unpaired) electrons. The number of ether oxygens (including phenoxy) is 2. The van der Waals surface area contributed by atoms with Gasteiger partial charge in [-0.05, 0) is 6.92 Å². The molecule has 2 rings (SSSR count). The van der Waals surface area contributed by atoms with Crippen LogP contribution in [0.25, 0.3) is 0 Å². The summed E-state index contributed by atoms with van der Waals surface area (Å²) in [4.78, 5) is 11.5. The SMILES string of the molecule is C[C@H](N)C(=O)Nc1cc2c(cc1Cl)OCCO2.Cl. The summed E-state index contributed by atoms with van der Waals surface area (Å²) in [7, 11) is 0. The van der Waals surface area contributed by atoms with Gasteiger partial charge in [0.1, 0.15) is 13.2 Å². The first-order valence-electron chi connectivity index (χ1n) is 5.23. The van der Waals surface area contributed by atoms with Crippen LogP contribution in [0.2, 0.25) is 5.02 Å². The van der Waals surface area contributed by atoms with Crippen LogP contribution in [0.3, 0.4) is 0 Å². The number of nitrogens with one attached hydrogen (secondary N) is 1. The maximum Gasteiger partial charge on any atom is 0.241 e. The largest absolute Gasteiger partial charge is 0.486 e. The number of carbonyl (C=O) groups is 1. The van der Waals surface area contributed by atoms with Gasteiger partial charge in [-0.15, -0.1) is 12.4 Å². The van der Waals surface area contributed by atoms with Crippen LogP contribution in [0.1, 0.15) is 6.92 Å². The molecule has 1 aliphatic heterocycles. The molecule has 1 aromatic carbocycles. The molecule has 0 bridgehead atoms. The van der Waals surface area contributed by atoms with Gasteiger partial charge in [-0.2, -0.15) is 0 Å². The Bertz CT molecular complexity index is 452. The minimum Gasteiger partial charge on any atom is -0.486 e. The Hall–Kier alpha value is -1.17. The highest BCUT2D eigenvalue weighted by molar-refractivity contribution is 6.34.